The zero-order valence-electron chi connectivity index (χ0n) is 12.6. The van der Waals surface area contributed by atoms with E-state index in [-0.39, 0.29) is 18.2 Å². The molecule has 2 unspecified atom stereocenters. The molecule has 0 heterocycles. The Balaban J connectivity index is 2.76. The highest BCUT2D eigenvalue weighted by atomic mass is 19.1. The third-order valence-electron chi connectivity index (χ3n) is 3.63. The van der Waals surface area contributed by atoms with Gasteiger partial charge in [0.15, 0.2) is 0 Å². The lowest BCUT2D eigenvalue weighted by molar-refractivity contribution is -0.137. The number of carbonyl (C=O) groups is 2. The van der Waals surface area contributed by atoms with E-state index in [1.807, 2.05) is 20.8 Å². The molecule has 0 radical (unpaired) electrons. The molecule has 2 atom stereocenters. The normalized spacial score (nSPS) is 13.8. The van der Waals surface area contributed by atoms with Crippen molar-refractivity contribution in [2.75, 3.05) is 0 Å². The van der Waals surface area contributed by atoms with Crippen LogP contribution in [-0.4, -0.2) is 17.0 Å². The van der Waals surface area contributed by atoms with Gasteiger partial charge in [0.1, 0.15) is 5.82 Å². The number of carbonyl (C=O) groups excluding carboxylic acids is 1. The fraction of sp³-hybridized carbons (Fsp3) is 0.500. The molecule has 21 heavy (non-hydrogen) atoms. The molecule has 2 N–H and O–H groups in total. The molecule has 1 aromatic carbocycles. The maximum Gasteiger partial charge on any atom is 0.305 e. The first-order valence-corrected chi connectivity index (χ1v) is 7.06. The topological polar surface area (TPSA) is 66.4 Å². The van der Waals surface area contributed by atoms with E-state index in [4.69, 9.17) is 5.11 Å². The quantitative estimate of drug-likeness (QED) is 0.812. The predicted octanol–water partition coefficient (Wildman–Crippen LogP) is 3.14. The number of amides is 1. The molecule has 0 aliphatic carbocycles. The SMILES string of the molecule is CC(C)C(C)CC(=O)NC(CC(=O)O)c1ccc(F)cc1. The molecule has 0 spiro atoms. The van der Waals surface area contributed by atoms with E-state index < -0.39 is 17.8 Å². The van der Waals surface area contributed by atoms with E-state index in [1.54, 1.807) is 0 Å². The molecule has 0 bridgehead atoms. The summed E-state index contributed by atoms with van der Waals surface area (Å²) < 4.78 is 12.9. The van der Waals surface area contributed by atoms with Crippen LogP contribution in [0.1, 0.15) is 45.2 Å². The Morgan fingerprint density at radius 3 is 2.19 bits per heavy atom. The van der Waals surface area contributed by atoms with Gasteiger partial charge in [0, 0.05) is 6.42 Å². The number of hydrogen-bond donors (Lipinski definition) is 2. The predicted molar refractivity (Wildman–Crippen MR) is 78.2 cm³/mol. The van der Waals surface area contributed by atoms with Gasteiger partial charge in [0.05, 0.1) is 12.5 Å². The molecule has 0 aliphatic rings. The van der Waals surface area contributed by atoms with Crippen LogP contribution in [0.15, 0.2) is 24.3 Å². The molecular formula is C16H22FNO3. The van der Waals surface area contributed by atoms with Gasteiger partial charge in [-0.15, -0.1) is 0 Å². The van der Waals surface area contributed by atoms with Gasteiger partial charge in [-0.1, -0.05) is 32.9 Å². The molecule has 1 aromatic rings. The third-order valence-corrected chi connectivity index (χ3v) is 3.63. The van der Waals surface area contributed by atoms with Crippen LogP contribution in [-0.2, 0) is 9.59 Å². The van der Waals surface area contributed by atoms with Gasteiger partial charge in [0.2, 0.25) is 5.91 Å². The highest BCUT2D eigenvalue weighted by molar-refractivity contribution is 5.78. The Labute approximate surface area is 124 Å². The standard InChI is InChI=1S/C16H22FNO3/c1-10(2)11(3)8-15(19)18-14(9-16(20)21)12-4-6-13(17)7-5-12/h4-7,10-11,14H,8-9H2,1-3H3,(H,18,19)(H,20,21). The number of hydrogen-bond acceptors (Lipinski definition) is 2. The summed E-state index contributed by atoms with van der Waals surface area (Å²) in [5, 5.41) is 11.7. The van der Waals surface area contributed by atoms with E-state index >= 15 is 0 Å². The molecule has 5 heteroatoms. The van der Waals surface area contributed by atoms with Crippen molar-refractivity contribution in [1.82, 2.24) is 5.32 Å². The third kappa shape index (κ3) is 5.94. The Morgan fingerprint density at radius 2 is 1.71 bits per heavy atom. The molecule has 1 rings (SSSR count). The van der Waals surface area contributed by atoms with Crippen molar-refractivity contribution in [3.63, 3.8) is 0 Å². The van der Waals surface area contributed by atoms with E-state index in [0.717, 1.165) is 0 Å². The van der Waals surface area contributed by atoms with Gasteiger partial charge >= 0.3 is 5.97 Å². The number of benzene rings is 1. The monoisotopic (exact) mass is 295 g/mol. The Kier molecular flexibility index (Phi) is 6.34. The number of carboxylic acids is 1. The van der Waals surface area contributed by atoms with Gasteiger partial charge in [0.25, 0.3) is 0 Å². The van der Waals surface area contributed by atoms with Crippen molar-refractivity contribution in [2.24, 2.45) is 11.8 Å². The maximum absolute atomic E-state index is 12.9. The molecular weight excluding hydrogens is 273 g/mol. The van der Waals surface area contributed by atoms with E-state index in [2.05, 4.69) is 5.32 Å². The summed E-state index contributed by atoms with van der Waals surface area (Å²) in [5.74, 6) is -1.01. The summed E-state index contributed by atoms with van der Waals surface area (Å²) in [5.41, 5.74) is 0.587. The molecule has 1 amide bonds. The number of rotatable bonds is 7. The lowest BCUT2D eigenvalue weighted by Crippen LogP contribution is -2.31. The van der Waals surface area contributed by atoms with E-state index in [9.17, 15) is 14.0 Å². The molecule has 0 aliphatic heterocycles. The first-order valence-electron chi connectivity index (χ1n) is 7.06. The second kappa shape index (κ2) is 7.76. The maximum atomic E-state index is 12.9. The lowest BCUT2D eigenvalue weighted by Gasteiger charge is -2.20. The van der Waals surface area contributed by atoms with Crippen LogP contribution < -0.4 is 5.32 Å². The summed E-state index contributed by atoms with van der Waals surface area (Å²) in [7, 11) is 0. The van der Waals surface area contributed by atoms with Crippen molar-refractivity contribution >= 4 is 11.9 Å². The minimum Gasteiger partial charge on any atom is -0.481 e. The summed E-state index contributed by atoms with van der Waals surface area (Å²) in [6.45, 7) is 6.05. The number of nitrogens with one attached hydrogen (secondary N) is 1. The van der Waals surface area contributed by atoms with E-state index in [1.165, 1.54) is 24.3 Å². The van der Waals surface area contributed by atoms with Gasteiger partial charge in [-0.2, -0.15) is 0 Å². The smallest absolute Gasteiger partial charge is 0.305 e. The van der Waals surface area contributed by atoms with Gasteiger partial charge in [-0.3, -0.25) is 9.59 Å². The van der Waals surface area contributed by atoms with Gasteiger partial charge < -0.3 is 10.4 Å². The van der Waals surface area contributed by atoms with Crippen molar-refractivity contribution in [2.45, 2.75) is 39.7 Å². The molecule has 0 fully saturated rings. The Bertz CT molecular complexity index is 485. The zero-order chi connectivity index (χ0) is 16.0. The summed E-state index contributed by atoms with van der Waals surface area (Å²) >= 11 is 0. The van der Waals surface area contributed by atoms with Gasteiger partial charge in [-0.25, -0.2) is 4.39 Å². The summed E-state index contributed by atoms with van der Waals surface area (Å²) in [6, 6.07) is 4.86. The Hall–Kier alpha value is -1.91. The van der Waals surface area contributed by atoms with Crippen molar-refractivity contribution in [3.05, 3.63) is 35.6 Å². The highest BCUT2D eigenvalue weighted by Gasteiger charge is 2.20. The minimum absolute atomic E-state index is 0.188. The van der Waals surface area contributed by atoms with Crippen LogP contribution in [0, 0.1) is 17.7 Å². The van der Waals surface area contributed by atoms with E-state index in [0.29, 0.717) is 17.9 Å². The average molecular weight is 295 g/mol. The van der Waals surface area contributed by atoms with Crippen LogP contribution in [0.3, 0.4) is 0 Å². The van der Waals surface area contributed by atoms with Crippen molar-refractivity contribution in [1.29, 1.82) is 0 Å². The molecule has 0 saturated carbocycles. The second-order valence-electron chi connectivity index (χ2n) is 5.69. The number of aliphatic carboxylic acids is 1. The molecule has 4 nitrogen and oxygen atoms in total. The molecule has 116 valence electrons. The van der Waals surface area contributed by atoms with Crippen molar-refractivity contribution < 1.29 is 19.1 Å². The fourth-order valence-corrected chi connectivity index (χ4v) is 1.90. The fourth-order valence-electron chi connectivity index (χ4n) is 1.90. The lowest BCUT2D eigenvalue weighted by atomic mass is 9.94. The minimum atomic E-state index is -1.01. The van der Waals surface area contributed by atoms with Crippen LogP contribution in [0.25, 0.3) is 0 Å². The van der Waals surface area contributed by atoms with Crippen LogP contribution in [0.2, 0.25) is 0 Å². The Morgan fingerprint density at radius 1 is 1.14 bits per heavy atom. The van der Waals surface area contributed by atoms with Crippen LogP contribution in [0.4, 0.5) is 4.39 Å². The zero-order valence-corrected chi connectivity index (χ0v) is 12.6. The van der Waals surface area contributed by atoms with Crippen molar-refractivity contribution in [3.8, 4) is 0 Å². The molecule has 0 saturated heterocycles. The number of carboxylic acid groups (broad SMARTS) is 1. The average Bonchev–Trinajstić information content (AvgIpc) is 2.38. The van der Waals surface area contributed by atoms with Gasteiger partial charge in [-0.05, 0) is 29.5 Å². The van der Waals surface area contributed by atoms with Crippen LogP contribution >= 0.6 is 0 Å². The first-order chi connectivity index (χ1) is 9.79. The molecule has 0 aromatic heterocycles. The number of halogens is 1. The second-order valence-corrected chi connectivity index (χ2v) is 5.69. The van der Waals surface area contributed by atoms with Crippen LogP contribution in [0.5, 0.6) is 0 Å². The summed E-state index contributed by atoms with van der Waals surface area (Å²) in [6.07, 6.45) is 0.114. The summed E-state index contributed by atoms with van der Waals surface area (Å²) in [4.78, 5) is 22.9. The largest absolute Gasteiger partial charge is 0.481 e. The first kappa shape index (κ1) is 17.1. The highest BCUT2D eigenvalue weighted by Crippen LogP contribution is 2.19.